The van der Waals surface area contributed by atoms with Crippen LogP contribution in [0.2, 0.25) is 0 Å². The maximum atomic E-state index is 12.5. The van der Waals surface area contributed by atoms with Crippen molar-refractivity contribution in [2.75, 3.05) is 44.6 Å². The first-order valence-corrected chi connectivity index (χ1v) is 8.07. The van der Waals surface area contributed by atoms with E-state index in [2.05, 4.69) is 15.2 Å². The number of nitrogens with one attached hydrogen (secondary N) is 1. The third-order valence-corrected chi connectivity index (χ3v) is 4.23. The molecule has 0 aliphatic carbocycles. The van der Waals surface area contributed by atoms with Crippen LogP contribution >= 0.6 is 0 Å². The number of carbonyl (C=O) groups is 1. The van der Waals surface area contributed by atoms with Gasteiger partial charge in [-0.1, -0.05) is 6.07 Å². The summed E-state index contributed by atoms with van der Waals surface area (Å²) in [4.78, 5) is 20.6. The third-order valence-electron chi connectivity index (χ3n) is 4.23. The molecule has 1 fully saturated rings. The van der Waals surface area contributed by atoms with Gasteiger partial charge in [0.1, 0.15) is 6.26 Å². The standard InChI is InChI=1S/C17H22N4O3/c1-13-2-3-14(16-18-4-11-24-16)12-15(13)19-17(23)21-7-5-20(6-8-21)9-10-22/h2-4,11-12,22H,5-10H2,1H3,(H,19,23). The molecule has 1 aliphatic rings. The van der Waals surface area contributed by atoms with E-state index in [4.69, 9.17) is 9.52 Å². The fourth-order valence-corrected chi connectivity index (χ4v) is 2.77. The summed E-state index contributed by atoms with van der Waals surface area (Å²) in [5, 5.41) is 12.0. The first-order valence-electron chi connectivity index (χ1n) is 8.07. The molecule has 24 heavy (non-hydrogen) atoms. The Morgan fingerprint density at radius 1 is 1.33 bits per heavy atom. The number of hydrogen-bond acceptors (Lipinski definition) is 5. The maximum Gasteiger partial charge on any atom is 0.321 e. The number of aliphatic hydroxyl groups excluding tert-OH is 1. The fourth-order valence-electron chi connectivity index (χ4n) is 2.77. The average molecular weight is 330 g/mol. The van der Waals surface area contributed by atoms with Gasteiger partial charge in [-0.25, -0.2) is 9.78 Å². The van der Waals surface area contributed by atoms with E-state index >= 15 is 0 Å². The third kappa shape index (κ3) is 3.74. The second-order valence-electron chi connectivity index (χ2n) is 5.85. The minimum Gasteiger partial charge on any atom is -0.445 e. The number of aryl methyl sites for hydroxylation is 1. The first-order chi connectivity index (χ1) is 11.7. The highest BCUT2D eigenvalue weighted by molar-refractivity contribution is 5.91. The number of aliphatic hydroxyl groups is 1. The van der Waals surface area contributed by atoms with Gasteiger partial charge in [0.05, 0.1) is 12.8 Å². The van der Waals surface area contributed by atoms with Crippen molar-refractivity contribution in [3.8, 4) is 11.5 Å². The number of hydrogen-bond donors (Lipinski definition) is 2. The Kier molecular flexibility index (Phi) is 5.12. The number of urea groups is 1. The van der Waals surface area contributed by atoms with Crippen LogP contribution in [-0.4, -0.2) is 65.3 Å². The molecule has 3 rings (SSSR count). The first kappa shape index (κ1) is 16.5. The summed E-state index contributed by atoms with van der Waals surface area (Å²) < 4.78 is 5.31. The Bertz CT molecular complexity index is 679. The smallest absolute Gasteiger partial charge is 0.321 e. The number of amides is 2. The van der Waals surface area contributed by atoms with Gasteiger partial charge in [0, 0.05) is 44.0 Å². The van der Waals surface area contributed by atoms with Crippen molar-refractivity contribution in [1.82, 2.24) is 14.8 Å². The Balaban J connectivity index is 1.65. The molecule has 2 amide bonds. The molecule has 0 saturated carbocycles. The van der Waals surface area contributed by atoms with Gasteiger partial charge in [0.2, 0.25) is 5.89 Å². The molecule has 7 nitrogen and oxygen atoms in total. The molecule has 2 N–H and O–H groups in total. The minimum atomic E-state index is -0.105. The minimum absolute atomic E-state index is 0.105. The predicted octanol–water partition coefficient (Wildman–Crippen LogP) is 1.79. The van der Waals surface area contributed by atoms with Gasteiger partial charge >= 0.3 is 6.03 Å². The van der Waals surface area contributed by atoms with Crippen molar-refractivity contribution < 1.29 is 14.3 Å². The van der Waals surface area contributed by atoms with Gasteiger partial charge in [0.25, 0.3) is 0 Å². The lowest BCUT2D eigenvalue weighted by Crippen LogP contribution is -2.50. The monoisotopic (exact) mass is 330 g/mol. The summed E-state index contributed by atoms with van der Waals surface area (Å²) in [6, 6.07) is 5.63. The summed E-state index contributed by atoms with van der Waals surface area (Å²) in [5.74, 6) is 0.531. The molecule has 0 bridgehead atoms. The summed E-state index contributed by atoms with van der Waals surface area (Å²) in [5.41, 5.74) is 2.57. The van der Waals surface area contributed by atoms with Gasteiger partial charge in [-0.3, -0.25) is 4.90 Å². The van der Waals surface area contributed by atoms with Crippen molar-refractivity contribution in [3.63, 3.8) is 0 Å². The van der Waals surface area contributed by atoms with E-state index in [1.807, 2.05) is 25.1 Å². The number of nitrogens with zero attached hydrogens (tertiary/aromatic N) is 3. The van der Waals surface area contributed by atoms with Gasteiger partial charge in [-0.05, 0) is 24.6 Å². The van der Waals surface area contributed by atoms with Crippen molar-refractivity contribution in [1.29, 1.82) is 0 Å². The van der Waals surface area contributed by atoms with Crippen LogP contribution in [-0.2, 0) is 0 Å². The number of benzene rings is 1. The molecule has 2 aromatic rings. The molecular weight excluding hydrogens is 308 g/mol. The molecule has 1 aromatic heterocycles. The van der Waals surface area contributed by atoms with Gasteiger partial charge in [-0.2, -0.15) is 0 Å². The number of piperazine rings is 1. The van der Waals surface area contributed by atoms with E-state index in [1.54, 1.807) is 11.1 Å². The molecule has 1 aliphatic heterocycles. The van der Waals surface area contributed by atoms with Crippen LogP contribution in [0.4, 0.5) is 10.5 Å². The van der Waals surface area contributed by atoms with E-state index < -0.39 is 0 Å². The maximum absolute atomic E-state index is 12.5. The summed E-state index contributed by atoms with van der Waals surface area (Å²) in [7, 11) is 0. The van der Waals surface area contributed by atoms with E-state index in [-0.39, 0.29) is 12.6 Å². The van der Waals surface area contributed by atoms with Crippen LogP contribution in [0.25, 0.3) is 11.5 Å². The quantitative estimate of drug-likeness (QED) is 0.893. The highest BCUT2D eigenvalue weighted by Crippen LogP contribution is 2.24. The number of anilines is 1. The SMILES string of the molecule is Cc1ccc(-c2ncco2)cc1NC(=O)N1CCN(CCO)CC1. The summed E-state index contributed by atoms with van der Waals surface area (Å²) >= 11 is 0. The highest BCUT2D eigenvalue weighted by Gasteiger charge is 2.21. The zero-order chi connectivity index (χ0) is 16.9. The van der Waals surface area contributed by atoms with Crippen LogP contribution in [0.3, 0.4) is 0 Å². The second-order valence-corrected chi connectivity index (χ2v) is 5.85. The van der Waals surface area contributed by atoms with Gasteiger partial charge in [0.15, 0.2) is 0 Å². The van der Waals surface area contributed by atoms with Crippen molar-refractivity contribution in [2.24, 2.45) is 0 Å². The van der Waals surface area contributed by atoms with Gasteiger partial charge < -0.3 is 19.7 Å². The van der Waals surface area contributed by atoms with Crippen LogP contribution in [0.15, 0.2) is 35.1 Å². The summed E-state index contributed by atoms with van der Waals surface area (Å²) in [6.45, 7) is 5.64. The number of β-amino-alcohol motifs (C(OH)–C–C–N with tert-alkyl or cyclic N) is 1. The predicted molar refractivity (Wildman–Crippen MR) is 90.8 cm³/mol. The molecule has 0 unspecified atom stereocenters. The van der Waals surface area contributed by atoms with Gasteiger partial charge in [-0.15, -0.1) is 0 Å². The summed E-state index contributed by atoms with van der Waals surface area (Å²) in [6.07, 6.45) is 3.12. The zero-order valence-corrected chi connectivity index (χ0v) is 13.7. The zero-order valence-electron chi connectivity index (χ0n) is 13.7. The van der Waals surface area contributed by atoms with Crippen LogP contribution < -0.4 is 5.32 Å². The molecule has 0 atom stereocenters. The average Bonchev–Trinajstić information content (AvgIpc) is 3.12. The lowest BCUT2D eigenvalue weighted by Gasteiger charge is -2.34. The molecule has 1 aromatic carbocycles. The van der Waals surface area contributed by atoms with Crippen molar-refractivity contribution >= 4 is 11.7 Å². The Morgan fingerprint density at radius 2 is 2.12 bits per heavy atom. The molecule has 0 spiro atoms. The molecule has 128 valence electrons. The van der Waals surface area contributed by atoms with Crippen molar-refractivity contribution in [3.05, 3.63) is 36.2 Å². The van der Waals surface area contributed by atoms with Crippen LogP contribution in [0.1, 0.15) is 5.56 Å². The molecular formula is C17H22N4O3. The lowest BCUT2D eigenvalue weighted by molar-refractivity contribution is 0.127. The van der Waals surface area contributed by atoms with E-state index in [9.17, 15) is 4.79 Å². The highest BCUT2D eigenvalue weighted by atomic mass is 16.3. The van der Waals surface area contributed by atoms with E-state index in [0.29, 0.717) is 25.5 Å². The van der Waals surface area contributed by atoms with Crippen molar-refractivity contribution in [2.45, 2.75) is 6.92 Å². The molecule has 2 heterocycles. The Morgan fingerprint density at radius 3 is 2.79 bits per heavy atom. The van der Waals surface area contributed by atoms with Crippen LogP contribution in [0.5, 0.6) is 0 Å². The normalized spacial score (nSPS) is 15.5. The Labute approximate surface area is 140 Å². The number of aromatic nitrogens is 1. The van der Waals surface area contributed by atoms with E-state index in [1.165, 1.54) is 6.26 Å². The number of carbonyl (C=O) groups excluding carboxylic acids is 1. The molecule has 0 radical (unpaired) electrons. The second kappa shape index (κ2) is 7.46. The molecule has 7 heteroatoms. The molecule has 1 saturated heterocycles. The van der Waals surface area contributed by atoms with E-state index in [0.717, 1.165) is 29.9 Å². The number of oxazole rings is 1. The largest absolute Gasteiger partial charge is 0.445 e. The Hall–Kier alpha value is -2.38. The fraction of sp³-hybridized carbons (Fsp3) is 0.412. The topological polar surface area (TPSA) is 81.8 Å². The van der Waals surface area contributed by atoms with Crippen LogP contribution in [0, 0.1) is 6.92 Å². The number of rotatable bonds is 4. The lowest BCUT2D eigenvalue weighted by atomic mass is 10.1.